The SMILES string of the molecule is COc1ccccc1-c1nc2sc(=Cc3ccc(C)o3)c(=O)n2n1. The minimum Gasteiger partial charge on any atom is -0.496 e. The Morgan fingerprint density at radius 2 is 2.08 bits per heavy atom. The first-order valence-electron chi connectivity index (χ1n) is 7.27. The summed E-state index contributed by atoms with van der Waals surface area (Å²) in [6.07, 6.45) is 1.71. The molecule has 0 unspecified atom stereocenters. The molecule has 4 rings (SSSR count). The minimum atomic E-state index is -0.210. The first-order valence-corrected chi connectivity index (χ1v) is 8.08. The number of methoxy groups -OCH3 is 1. The first kappa shape index (κ1) is 14.6. The number of aryl methyl sites for hydroxylation is 1. The minimum absolute atomic E-state index is 0.210. The van der Waals surface area contributed by atoms with Gasteiger partial charge in [-0.3, -0.25) is 4.79 Å². The van der Waals surface area contributed by atoms with E-state index in [0.29, 0.717) is 26.8 Å². The number of benzene rings is 1. The molecule has 0 atom stereocenters. The number of fused-ring (bicyclic) bond motifs is 1. The molecule has 0 amide bonds. The Balaban J connectivity index is 1.84. The summed E-state index contributed by atoms with van der Waals surface area (Å²) in [7, 11) is 1.59. The van der Waals surface area contributed by atoms with E-state index in [1.54, 1.807) is 13.2 Å². The van der Waals surface area contributed by atoms with Crippen molar-refractivity contribution >= 4 is 22.4 Å². The molecule has 0 bridgehead atoms. The molecule has 0 aliphatic heterocycles. The van der Waals surface area contributed by atoms with Crippen molar-refractivity contribution in [1.82, 2.24) is 14.6 Å². The number of para-hydroxylation sites is 1. The maximum absolute atomic E-state index is 12.5. The number of furan rings is 1. The molecule has 0 spiro atoms. The second kappa shape index (κ2) is 5.61. The molecule has 4 aromatic rings. The summed E-state index contributed by atoms with van der Waals surface area (Å²) in [6, 6.07) is 11.1. The van der Waals surface area contributed by atoms with E-state index >= 15 is 0 Å². The highest BCUT2D eigenvalue weighted by Crippen LogP contribution is 2.27. The maximum Gasteiger partial charge on any atom is 0.291 e. The molecule has 0 N–H and O–H groups in total. The van der Waals surface area contributed by atoms with Gasteiger partial charge in [-0.1, -0.05) is 23.5 Å². The molecule has 0 fully saturated rings. The van der Waals surface area contributed by atoms with E-state index in [-0.39, 0.29) is 5.56 Å². The molecule has 3 heterocycles. The molecule has 0 aliphatic rings. The average Bonchev–Trinajstić information content (AvgIpc) is 3.26. The van der Waals surface area contributed by atoms with E-state index < -0.39 is 0 Å². The molecule has 24 heavy (non-hydrogen) atoms. The Bertz CT molecular complexity index is 1140. The van der Waals surface area contributed by atoms with Crippen molar-refractivity contribution < 1.29 is 9.15 Å². The molecule has 3 aromatic heterocycles. The van der Waals surface area contributed by atoms with Crippen molar-refractivity contribution in [3.8, 4) is 17.1 Å². The number of aromatic nitrogens is 3. The molecule has 0 saturated heterocycles. The van der Waals surface area contributed by atoms with Crippen LogP contribution in [-0.2, 0) is 0 Å². The third-order valence-corrected chi connectivity index (χ3v) is 4.52. The van der Waals surface area contributed by atoms with Crippen molar-refractivity contribution in [2.75, 3.05) is 7.11 Å². The van der Waals surface area contributed by atoms with Gasteiger partial charge in [0.1, 0.15) is 21.8 Å². The molecule has 0 radical (unpaired) electrons. The van der Waals surface area contributed by atoms with Crippen LogP contribution in [0.25, 0.3) is 22.4 Å². The third kappa shape index (κ3) is 2.39. The highest BCUT2D eigenvalue weighted by Gasteiger charge is 2.15. The van der Waals surface area contributed by atoms with Crippen LogP contribution in [0.5, 0.6) is 5.75 Å². The predicted octanol–water partition coefficient (Wildman–Crippen LogP) is 2.28. The summed E-state index contributed by atoms with van der Waals surface area (Å²) in [5, 5.41) is 4.33. The van der Waals surface area contributed by atoms with Crippen LogP contribution in [0.2, 0.25) is 0 Å². The van der Waals surface area contributed by atoms with Gasteiger partial charge in [-0.25, -0.2) is 0 Å². The summed E-state index contributed by atoms with van der Waals surface area (Å²) >= 11 is 1.28. The number of rotatable bonds is 3. The number of hydrogen-bond donors (Lipinski definition) is 0. The van der Waals surface area contributed by atoms with Gasteiger partial charge in [0, 0.05) is 6.08 Å². The van der Waals surface area contributed by atoms with E-state index in [1.807, 2.05) is 43.3 Å². The lowest BCUT2D eigenvalue weighted by atomic mass is 10.2. The fraction of sp³-hybridized carbons (Fsp3) is 0.118. The zero-order valence-corrected chi connectivity index (χ0v) is 13.8. The monoisotopic (exact) mass is 339 g/mol. The van der Waals surface area contributed by atoms with Gasteiger partial charge in [0.05, 0.1) is 12.7 Å². The van der Waals surface area contributed by atoms with Crippen LogP contribution in [0.4, 0.5) is 0 Å². The Hall–Kier alpha value is -2.93. The zero-order chi connectivity index (χ0) is 16.7. The van der Waals surface area contributed by atoms with Crippen molar-refractivity contribution in [2.24, 2.45) is 0 Å². The Morgan fingerprint density at radius 1 is 1.25 bits per heavy atom. The largest absolute Gasteiger partial charge is 0.496 e. The highest BCUT2D eigenvalue weighted by molar-refractivity contribution is 7.15. The highest BCUT2D eigenvalue weighted by atomic mass is 32.1. The molecule has 120 valence electrons. The van der Waals surface area contributed by atoms with Gasteiger partial charge in [-0.2, -0.15) is 9.50 Å². The van der Waals surface area contributed by atoms with Gasteiger partial charge in [-0.05, 0) is 31.2 Å². The number of hydrogen-bond acceptors (Lipinski definition) is 6. The normalized spacial score (nSPS) is 12.2. The fourth-order valence-corrected chi connectivity index (χ4v) is 3.33. The lowest BCUT2D eigenvalue weighted by Crippen LogP contribution is -2.23. The van der Waals surface area contributed by atoms with E-state index in [4.69, 9.17) is 9.15 Å². The number of thiazole rings is 1. The van der Waals surface area contributed by atoms with Crippen molar-refractivity contribution in [1.29, 1.82) is 0 Å². The van der Waals surface area contributed by atoms with Gasteiger partial charge >= 0.3 is 0 Å². The Morgan fingerprint density at radius 3 is 2.79 bits per heavy atom. The standard InChI is InChI=1S/C17H13N3O3S/c1-10-7-8-11(23-10)9-14-16(21)20-17(24-14)18-15(19-20)12-5-3-4-6-13(12)22-2/h3-9H,1-2H3. The van der Waals surface area contributed by atoms with Crippen LogP contribution >= 0.6 is 11.3 Å². The van der Waals surface area contributed by atoms with E-state index in [0.717, 1.165) is 11.3 Å². The molecule has 0 saturated carbocycles. The van der Waals surface area contributed by atoms with Gasteiger partial charge in [0.15, 0.2) is 5.82 Å². The fourth-order valence-electron chi connectivity index (χ4n) is 2.44. The second-order valence-corrected chi connectivity index (χ2v) is 6.20. The lowest BCUT2D eigenvalue weighted by molar-refractivity contribution is 0.416. The lowest BCUT2D eigenvalue weighted by Gasteiger charge is -2.03. The van der Waals surface area contributed by atoms with Crippen LogP contribution in [0.15, 0.2) is 45.6 Å². The van der Waals surface area contributed by atoms with Crippen molar-refractivity contribution in [3.63, 3.8) is 0 Å². The van der Waals surface area contributed by atoms with Gasteiger partial charge < -0.3 is 9.15 Å². The van der Waals surface area contributed by atoms with Crippen LogP contribution in [0, 0.1) is 6.92 Å². The van der Waals surface area contributed by atoms with Crippen molar-refractivity contribution in [3.05, 3.63) is 62.8 Å². The van der Waals surface area contributed by atoms with Gasteiger partial charge in [-0.15, -0.1) is 5.10 Å². The van der Waals surface area contributed by atoms with Crippen LogP contribution in [0.3, 0.4) is 0 Å². The van der Waals surface area contributed by atoms with Gasteiger partial charge in [0.25, 0.3) is 5.56 Å². The van der Waals surface area contributed by atoms with E-state index in [9.17, 15) is 4.79 Å². The summed E-state index contributed by atoms with van der Waals surface area (Å²) in [5.74, 6) is 2.57. The molecule has 7 heteroatoms. The topological polar surface area (TPSA) is 69.6 Å². The molecular formula is C17H13N3O3S. The Labute approximate surface area is 140 Å². The second-order valence-electron chi connectivity index (χ2n) is 5.19. The quantitative estimate of drug-likeness (QED) is 0.573. The zero-order valence-electron chi connectivity index (χ0n) is 13.0. The average molecular weight is 339 g/mol. The smallest absolute Gasteiger partial charge is 0.291 e. The van der Waals surface area contributed by atoms with Crippen LogP contribution in [-0.4, -0.2) is 21.7 Å². The maximum atomic E-state index is 12.5. The third-order valence-electron chi connectivity index (χ3n) is 3.56. The molecule has 1 aromatic carbocycles. The van der Waals surface area contributed by atoms with E-state index in [2.05, 4.69) is 10.1 Å². The van der Waals surface area contributed by atoms with Crippen molar-refractivity contribution in [2.45, 2.75) is 6.92 Å². The predicted molar refractivity (Wildman–Crippen MR) is 91.4 cm³/mol. The molecule has 6 nitrogen and oxygen atoms in total. The summed E-state index contributed by atoms with van der Waals surface area (Å²) in [6.45, 7) is 1.86. The summed E-state index contributed by atoms with van der Waals surface area (Å²) in [4.78, 5) is 17.5. The Kier molecular flexibility index (Phi) is 3.42. The summed E-state index contributed by atoms with van der Waals surface area (Å²) in [5.41, 5.74) is 0.542. The van der Waals surface area contributed by atoms with E-state index in [1.165, 1.54) is 15.9 Å². The number of ether oxygens (including phenoxy) is 1. The number of nitrogens with zero attached hydrogens (tertiary/aromatic N) is 3. The van der Waals surface area contributed by atoms with Crippen LogP contribution < -0.4 is 14.8 Å². The molecular weight excluding hydrogens is 326 g/mol. The molecule has 0 aliphatic carbocycles. The summed E-state index contributed by atoms with van der Waals surface area (Å²) < 4.78 is 12.7. The van der Waals surface area contributed by atoms with Crippen LogP contribution in [0.1, 0.15) is 11.5 Å². The van der Waals surface area contributed by atoms with Gasteiger partial charge in [0.2, 0.25) is 4.96 Å². The first-order chi connectivity index (χ1) is 11.7.